The number of nitrogens with zero attached hydrogens (tertiary/aromatic N) is 1. The summed E-state index contributed by atoms with van der Waals surface area (Å²) in [4.78, 5) is 27.7. The molecule has 2 amide bonds. The normalized spacial score (nSPS) is 22.6. The van der Waals surface area contributed by atoms with E-state index >= 15 is 0 Å². The number of benzene rings is 3. The van der Waals surface area contributed by atoms with Crippen LogP contribution < -0.4 is 0 Å². The smallest absolute Gasteiger partial charge is 0.261 e. The Bertz CT molecular complexity index is 1580. The number of phenolic OH excluding ortho intramolecular Hbond substituents is 2. The molecule has 0 aromatic heterocycles. The third kappa shape index (κ3) is 5.27. The first-order chi connectivity index (χ1) is 21.5. The third-order valence-corrected chi connectivity index (χ3v) is 11.3. The van der Waals surface area contributed by atoms with Gasteiger partial charge in [0.15, 0.2) is 0 Å². The van der Waals surface area contributed by atoms with Crippen LogP contribution in [0, 0.1) is 17.3 Å². The predicted molar refractivity (Wildman–Crippen MR) is 176 cm³/mol. The molecule has 6 nitrogen and oxygen atoms in total. The zero-order chi connectivity index (χ0) is 32.1. The van der Waals surface area contributed by atoms with Gasteiger partial charge in [-0.3, -0.25) is 14.5 Å². The number of aliphatic hydroxyl groups excluding tert-OH is 1. The van der Waals surface area contributed by atoms with E-state index in [4.69, 9.17) is 0 Å². The molecule has 7 rings (SSSR count). The summed E-state index contributed by atoms with van der Waals surface area (Å²) in [6.45, 7) is 9.17. The van der Waals surface area contributed by atoms with Crippen LogP contribution >= 0.6 is 0 Å². The van der Waals surface area contributed by atoms with E-state index in [1.54, 1.807) is 24.3 Å². The van der Waals surface area contributed by atoms with Crippen LogP contribution in [0.2, 0.25) is 0 Å². The number of amides is 2. The zero-order valence-electron chi connectivity index (χ0n) is 26.8. The van der Waals surface area contributed by atoms with E-state index in [0.717, 1.165) is 43.2 Å². The summed E-state index contributed by atoms with van der Waals surface area (Å²) in [6.07, 6.45) is 6.59. The second kappa shape index (κ2) is 11.8. The molecular weight excluding hydrogens is 562 g/mol. The minimum absolute atomic E-state index is 0.0765. The van der Waals surface area contributed by atoms with Gasteiger partial charge in [-0.2, -0.15) is 0 Å². The van der Waals surface area contributed by atoms with Gasteiger partial charge in [-0.15, -0.1) is 0 Å². The molecule has 0 spiro atoms. The molecule has 0 radical (unpaired) electrons. The summed E-state index contributed by atoms with van der Waals surface area (Å²) in [7, 11) is 0. The average Bonchev–Trinajstić information content (AvgIpc) is 3.25. The number of fused-ring (bicyclic) bond motifs is 2. The minimum Gasteiger partial charge on any atom is -0.507 e. The summed E-state index contributed by atoms with van der Waals surface area (Å²) in [5.41, 5.74) is 3.99. The highest BCUT2D eigenvalue weighted by molar-refractivity contribution is 6.21. The molecule has 4 aliphatic rings. The van der Waals surface area contributed by atoms with Crippen molar-refractivity contribution in [3.05, 3.63) is 106 Å². The number of imide groups is 1. The molecule has 6 heteroatoms. The van der Waals surface area contributed by atoms with Crippen molar-refractivity contribution in [1.29, 1.82) is 0 Å². The molecule has 3 aromatic carbocycles. The highest BCUT2D eigenvalue weighted by Gasteiger charge is 2.57. The number of allylic oxidation sites excluding steroid dienone is 1. The molecular formula is C39H45NO5. The topological polar surface area (TPSA) is 98.1 Å². The first-order valence-electron chi connectivity index (χ1n) is 16.3. The van der Waals surface area contributed by atoms with Crippen molar-refractivity contribution >= 4 is 11.8 Å². The van der Waals surface area contributed by atoms with Gasteiger partial charge in [0.2, 0.25) is 0 Å². The Labute approximate surface area is 266 Å². The number of aromatic hydroxyl groups is 2. The second-order valence-corrected chi connectivity index (χ2v) is 14.4. The van der Waals surface area contributed by atoms with Crippen LogP contribution in [-0.4, -0.2) is 45.2 Å². The molecule has 1 heterocycles. The van der Waals surface area contributed by atoms with Gasteiger partial charge >= 0.3 is 0 Å². The molecule has 2 bridgehead atoms. The van der Waals surface area contributed by atoms with Crippen LogP contribution in [0.15, 0.2) is 78.4 Å². The van der Waals surface area contributed by atoms with Crippen LogP contribution in [-0.2, 0) is 5.41 Å². The van der Waals surface area contributed by atoms with Crippen molar-refractivity contribution in [2.24, 2.45) is 17.3 Å². The molecule has 3 aromatic rings. The fourth-order valence-corrected chi connectivity index (χ4v) is 8.48. The van der Waals surface area contributed by atoms with Gasteiger partial charge in [0.1, 0.15) is 11.5 Å². The van der Waals surface area contributed by atoms with Crippen molar-refractivity contribution in [1.82, 2.24) is 4.90 Å². The van der Waals surface area contributed by atoms with Gasteiger partial charge in [0, 0.05) is 18.1 Å². The molecule has 1 aliphatic heterocycles. The van der Waals surface area contributed by atoms with Crippen LogP contribution in [0.4, 0.5) is 0 Å². The van der Waals surface area contributed by atoms with Crippen molar-refractivity contribution in [2.45, 2.75) is 77.0 Å². The molecule has 4 atom stereocenters. The average molecular weight is 608 g/mol. The number of rotatable bonds is 11. The van der Waals surface area contributed by atoms with E-state index in [1.165, 1.54) is 10.5 Å². The van der Waals surface area contributed by atoms with Crippen molar-refractivity contribution in [3.8, 4) is 11.5 Å². The van der Waals surface area contributed by atoms with Gasteiger partial charge in [0.05, 0.1) is 17.7 Å². The maximum atomic E-state index is 13.2. The number of hydrogen-bond donors (Lipinski definition) is 3. The van der Waals surface area contributed by atoms with E-state index in [2.05, 4.69) is 45.9 Å². The number of unbranched alkanes of at least 4 members (excludes halogenated alkanes) is 2. The highest BCUT2D eigenvalue weighted by Crippen LogP contribution is 2.65. The highest BCUT2D eigenvalue weighted by atomic mass is 16.3. The lowest BCUT2D eigenvalue weighted by molar-refractivity contribution is -0.0233. The summed E-state index contributed by atoms with van der Waals surface area (Å²) in [6, 6.07) is 21.0. The van der Waals surface area contributed by atoms with Crippen LogP contribution in [0.5, 0.6) is 11.5 Å². The zero-order valence-corrected chi connectivity index (χ0v) is 26.8. The third-order valence-electron chi connectivity index (χ3n) is 11.3. The summed E-state index contributed by atoms with van der Waals surface area (Å²) in [5, 5.41) is 32.5. The van der Waals surface area contributed by atoms with E-state index in [1.807, 2.05) is 30.3 Å². The lowest BCUT2D eigenvalue weighted by Gasteiger charge is -2.60. The maximum Gasteiger partial charge on any atom is 0.261 e. The number of hydrogen-bond acceptors (Lipinski definition) is 5. The number of carbonyl (C=O) groups is 2. The maximum absolute atomic E-state index is 13.2. The number of aliphatic hydroxyl groups is 1. The number of phenols is 2. The summed E-state index contributed by atoms with van der Waals surface area (Å²) >= 11 is 0. The van der Waals surface area contributed by atoms with Crippen LogP contribution in [0.1, 0.15) is 109 Å². The SMILES string of the molecule is CC(C)(c1cc(O)c([C@H]2C=C(CN3C(=O)c4ccccc4C3=O)[C@H]3C[C@@H]2C3(C)C)c(O)c1)C(CCCCCO)c1ccccc1. The molecule has 3 aliphatic carbocycles. The molecule has 45 heavy (non-hydrogen) atoms. The van der Waals surface area contributed by atoms with Gasteiger partial charge in [-0.25, -0.2) is 0 Å². The second-order valence-electron chi connectivity index (χ2n) is 14.4. The number of carbonyl (C=O) groups excluding carboxylic acids is 2. The Kier molecular flexibility index (Phi) is 8.15. The van der Waals surface area contributed by atoms with Gasteiger partial charge in [-0.05, 0) is 83.2 Å². The van der Waals surface area contributed by atoms with E-state index in [-0.39, 0.29) is 65.6 Å². The van der Waals surface area contributed by atoms with Crippen LogP contribution in [0.3, 0.4) is 0 Å². The molecule has 3 N–H and O–H groups in total. The minimum atomic E-state index is -0.395. The molecule has 1 unspecified atom stereocenters. The monoisotopic (exact) mass is 607 g/mol. The quantitative estimate of drug-likeness (QED) is 0.118. The van der Waals surface area contributed by atoms with Crippen LogP contribution in [0.25, 0.3) is 0 Å². The Morgan fingerprint density at radius 2 is 1.49 bits per heavy atom. The predicted octanol–water partition coefficient (Wildman–Crippen LogP) is 7.69. The van der Waals surface area contributed by atoms with Gasteiger partial charge in [0.25, 0.3) is 11.8 Å². The lowest BCUT2D eigenvalue weighted by Crippen LogP contribution is -2.53. The summed E-state index contributed by atoms with van der Waals surface area (Å²) < 4.78 is 0. The first-order valence-corrected chi connectivity index (χ1v) is 16.3. The van der Waals surface area contributed by atoms with Crippen molar-refractivity contribution in [2.75, 3.05) is 13.2 Å². The van der Waals surface area contributed by atoms with E-state index < -0.39 is 5.41 Å². The Balaban J connectivity index is 1.32. The molecule has 1 fully saturated rings. The van der Waals surface area contributed by atoms with E-state index in [9.17, 15) is 24.9 Å². The standard InChI is InChI=1S/C39H45NO5/c1-38(2,30(17-9-6-12-18-41)24-13-7-5-8-14-24)26-20-33(42)35(34(43)21-26)29-19-25(31-22-32(29)39(31,3)4)23-40-36(44)27-15-10-11-16-28(27)37(40)45/h5,7-8,10-11,13-16,19-21,29-32,41-43H,6,9,12,17-18,22-23H2,1-4H3/t29-,30?,31+,32-/m0/s1. The molecule has 236 valence electrons. The van der Waals surface area contributed by atoms with Gasteiger partial charge < -0.3 is 15.3 Å². The summed E-state index contributed by atoms with van der Waals surface area (Å²) in [5.74, 6) is -0.0382. The lowest BCUT2D eigenvalue weighted by atomic mass is 9.45. The van der Waals surface area contributed by atoms with Gasteiger partial charge in [-0.1, -0.05) is 94.7 Å². The Morgan fingerprint density at radius 1 is 0.889 bits per heavy atom. The molecule has 0 saturated heterocycles. The Hall–Kier alpha value is -3.90. The fourth-order valence-electron chi connectivity index (χ4n) is 8.48. The van der Waals surface area contributed by atoms with E-state index in [0.29, 0.717) is 16.7 Å². The fraction of sp³-hybridized carbons (Fsp3) is 0.436. The largest absolute Gasteiger partial charge is 0.507 e. The van der Waals surface area contributed by atoms with Crippen molar-refractivity contribution in [3.63, 3.8) is 0 Å². The first kappa shape index (κ1) is 31.1. The Morgan fingerprint density at radius 3 is 2.07 bits per heavy atom. The molecule has 1 saturated carbocycles. The van der Waals surface area contributed by atoms with Crippen molar-refractivity contribution < 1.29 is 24.9 Å².